The van der Waals surface area contributed by atoms with E-state index in [1.54, 1.807) is 12.1 Å². The Bertz CT molecular complexity index is 827. The van der Waals surface area contributed by atoms with Crippen molar-refractivity contribution in [3.05, 3.63) is 48.5 Å². The van der Waals surface area contributed by atoms with Crippen LogP contribution in [-0.2, 0) is 4.74 Å². The third-order valence-corrected chi connectivity index (χ3v) is 4.02. The lowest BCUT2D eigenvalue weighted by molar-refractivity contribution is 0.122. The molecule has 2 heterocycles. The number of hydrogen-bond acceptors (Lipinski definition) is 5. The molecule has 0 amide bonds. The predicted molar refractivity (Wildman–Crippen MR) is 89.7 cm³/mol. The molecular weight excluding hydrogens is 290 g/mol. The first kappa shape index (κ1) is 14.0. The zero-order valence-electron chi connectivity index (χ0n) is 12.6. The zero-order valence-corrected chi connectivity index (χ0v) is 12.6. The van der Waals surface area contributed by atoms with Gasteiger partial charge in [0, 0.05) is 24.0 Å². The van der Waals surface area contributed by atoms with Gasteiger partial charge in [-0.3, -0.25) is 0 Å². The number of fused-ring (bicyclic) bond motifs is 1. The van der Waals surface area contributed by atoms with E-state index in [1.165, 1.54) is 0 Å². The summed E-state index contributed by atoms with van der Waals surface area (Å²) in [5.41, 5.74) is 1.81. The second-order valence-corrected chi connectivity index (χ2v) is 5.53. The molecule has 0 unspecified atom stereocenters. The van der Waals surface area contributed by atoms with Crippen LogP contribution in [-0.4, -0.2) is 41.4 Å². The summed E-state index contributed by atoms with van der Waals surface area (Å²) in [7, 11) is 0. The Kier molecular flexibility index (Phi) is 3.55. The Morgan fingerprint density at radius 3 is 2.43 bits per heavy atom. The van der Waals surface area contributed by atoms with E-state index in [0.717, 1.165) is 35.4 Å². The van der Waals surface area contributed by atoms with Crippen molar-refractivity contribution in [2.24, 2.45) is 0 Å². The number of aromatic nitrogens is 2. The maximum absolute atomic E-state index is 9.47. The van der Waals surface area contributed by atoms with Crippen molar-refractivity contribution < 1.29 is 9.84 Å². The van der Waals surface area contributed by atoms with Crippen LogP contribution in [0.2, 0.25) is 0 Å². The molecule has 1 aromatic heterocycles. The van der Waals surface area contributed by atoms with Crippen LogP contribution in [0, 0.1) is 0 Å². The summed E-state index contributed by atoms with van der Waals surface area (Å²) in [6.45, 7) is 3.09. The topological polar surface area (TPSA) is 58.5 Å². The fourth-order valence-electron chi connectivity index (χ4n) is 2.82. The number of benzene rings is 2. The minimum absolute atomic E-state index is 0.239. The molecule has 1 saturated heterocycles. The largest absolute Gasteiger partial charge is 0.508 e. The second kappa shape index (κ2) is 5.85. The van der Waals surface area contributed by atoms with Gasteiger partial charge in [-0.15, -0.1) is 0 Å². The Hall–Kier alpha value is -2.66. The van der Waals surface area contributed by atoms with Gasteiger partial charge in [0.15, 0.2) is 5.82 Å². The van der Waals surface area contributed by atoms with Crippen molar-refractivity contribution in [2.45, 2.75) is 0 Å². The lowest BCUT2D eigenvalue weighted by Gasteiger charge is -2.29. The van der Waals surface area contributed by atoms with Crippen molar-refractivity contribution in [3.63, 3.8) is 0 Å². The highest BCUT2D eigenvalue weighted by Crippen LogP contribution is 2.28. The van der Waals surface area contributed by atoms with Gasteiger partial charge in [0.25, 0.3) is 0 Å². The molecule has 116 valence electrons. The summed E-state index contributed by atoms with van der Waals surface area (Å²) in [4.78, 5) is 11.7. The number of aromatic hydroxyl groups is 1. The molecular formula is C18H17N3O2. The van der Waals surface area contributed by atoms with Crippen LogP contribution >= 0.6 is 0 Å². The monoisotopic (exact) mass is 307 g/mol. The Labute approximate surface area is 134 Å². The summed E-state index contributed by atoms with van der Waals surface area (Å²) >= 11 is 0. The van der Waals surface area contributed by atoms with Crippen LogP contribution in [0.15, 0.2) is 48.5 Å². The van der Waals surface area contributed by atoms with Crippen molar-refractivity contribution in [1.29, 1.82) is 0 Å². The quantitative estimate of drug-likeness (QED) is 0.789. The van der Waals surface area contributed by atoms with Gasteiger partial charge >= 0.3 is 0 Å². The molecule has 3 aromatic rings. The molecule has 0 saturated carbocycles. The summed E-state index contributed by atoms with van der Waals surface area (Å²) in [6.07, 6.45) is 0. The van der Waals surface area contributed by atoms with Gasteiger partial charge < -0.3 is 14.7 Å². The number of morpholine rings is 1. The first-order chi connectivity index (χ1) is 11.3. The van der Waals surface area contributed by atoms with Crippen LogP contribution in [0.25, 0.3) is 22.3 Å². The van der Waals surface area contributed by atoms with Crippen molar-refractivity contribution in [3.8, 4) is 17.1 Å². The highest BCUT2D eigenvalue weighted by molar-refractivity contribution is 5.91. The molecule has 2 aromatic carbocycles. The molecule has 1 N–H and O–H groups in total. The average Bonchev–Trinajstić information content (AvgIpc) is 2.62. The number of phenols is 1. The van der Waals surface area contributed by atoms with Crippen molar-refractivity contribution >= 4 is 16.7 Å². The fourth-order valence-corrected chi connectivity index (χ4v) is 2.82. The van der Waals surface area contributed by atoms with E-state index in [0.29, 0.717) is 19.0 Å². The number of nitrogens with zero attached hydrogens (tertiary/aromatic N) is 3. The van der Waals surface area contributed by atoms with E-state index in [-0.39, 0.29) is 5.75 Å². The van der Waals surface area contributed by atoms with Crippen LogP contribution in [0.3, 0.4) is 0 Å². The number of ether oxygens (including phenoxy) is 1. The van der Waals surface area contributed by atoms with Gasteiger partial charge in [-0.05, 0) is 36.4 Å². The first-order valence-electron chi connectivity index (χ1n) is 7.70. The third kappa shape index (κ3) is 2.71. The van der Waals surface area contributed by atoms with Crippen molar-refractivity contribution in [1.82, 2.24) is 9.97 Å². The molecule has 5 nitrogen and oxygen atoms in total. The second-order valence-electron chi connectivity index (χ2n) is 5.53. The maximum Gasteiger partial charge on any atom is 0.162 e. The van der Waals surface area contributed by atoms with Gasteiger partial charge in [-0.1, -0.05) is 12.1 Å². The molecule has 1 aliphatic rings. The Morgan fingerprint density at radius 1 is 0.913 bits per heavy atom. The van der Waals surface area contributed by atoms with Gasteiger partial charge in [-0.2, -0.15) is 0 Å². The minimum Gasteiger partial charge on any atom is -0.508 e. The van der Waals surface area contributed by atoms with E-state index in [4.69, 9.17) is 9.72 Å². The van der Waals surface area contributed by atoms with Crippen LogP contribution in [0.1, 0.15) is 0 Å². The number of rotatable bonds is 2. The Balaban J connectivity index is 1.87. The molecule has 1 aliphatic heterocycles. The van der Waals surface area contributed by atoms with Crippen LogP contribution in [0.4, 0.5) is 5.82 Å². The van der Waals surface area contributed by atoms with Gasteiger partial charge in [0.2, 0.25) is 0 Å². The molecule has 0 spiro atoms. The number of para-hydroxylation sites is 1. The summed E-state index contributed by atoms with van der Waals surface area (Å²) in [6, 6.07) is 15.0. The smallest absolute Gasteiger partial charge is 0.162 e. The zero-order chi connectivity index (χ0) is 15.6. The number of phenolic OH excluding ortho intramolecular Hbond substituents is 1. The number of anilines is 1. The van der Waals surface area contributed by atoms with Gasteiger partial charge in [0.05, 0.1) is 18.7 Å². The minimum atomic E-state index is 0.239. The molecule has 23 heavy (non-hydrogen) atoms. The molecule has 0 radical (unpaired) electrons. The highest BCUT2D eigenvalue weighted by atomic mass is 16.5. The molecule has 5 heteroatoms. The maximum atomic E-state index is 9.47. The third-order valence-electron chi connectivity index (χ3n) is 4.02. The van der Waals surface area contributed by atoms with Gasteiger partial charge in [-0.25, -0.2) is 9.97 Å². The molecule has 0 atom stereocenters. The molecule has 0 aliphatic carbocycles. The SMILES string of the molecule is Oc1ccc(-c2nc(N3CCOCC3)c3ccccc3n2)cc1. The Morgan fingerprint density at radius 2 is 1.65 bits per heavy atom. The van der Waals surface area contributed by atoms with E-state index < -0.39 is 0 Å². The van der Waals surface area contributed by atoms with Crippen LogP contribution in [0.5, 0.6) is 5.75 Å². The van der Waals surface area contributed by atoms with Crippen molar-refractivity contribution in [2.75, 3.05) is 31.2 Å². The van der Waals surface area contributed by atoms with Gasteiger partial charge in [0.1, 0.15) is 11.6 Å². The summed E-state index contributed by atoms with van der Waals surface area (Å²) < 4.78 is 5.45. The normalized spacial score (nSPS) is 15.0. The predicted octanol–water partition coefficient (Wildman–Crippen LogP) is 2.84. The number of hydrogen-bond donors (Lipinski definition) is 1. The lowest BCUT2D eigenvalue weighted by Crippen LogP contribution is -2.37. The molecule has 4 rings (SSSR count). The van der Waals surface area contributed by atoms with E-state index in [9.17, 15) is 5.11 Å². The summed E-state index contributed by atoms with van der Waals surface area (Å²) in [5, 5.41) is 10.5. The summed E-state index contributed by atoms with van der Waals surface area (Å²) in [5.74, 6) is 1.86. The average molecular weight is 307 g/mol. The van der Waals surface area contributed by atoms with E-state index in [1.807, 2.05) is 30.3 Å². The molecule has 0 bridgehead atoms. The van der Waals surface area contributed by atoms with Crippen LogP contribution < -0.4 is 4.90 Å². The molecule has 1 fully saturated rings. The first-order valence-corrected chi connectivity index (χ1v) is 7.70. The fraction of sp³-hybridized carbons (Fsp3) is 0.222. The van der Waals surface area contributed by atoms with E-state index >= 15 is 0 Å². The lowest BCUT2D eigenvalue weighted by atomic mass is 10.1. The standard InChI is InChI=1S/C18H17N3O2/c22-14-7-5-13(6-8-14)17-19-16-4-2-1-3-15(16)18(20-17)21-9-11-23-12-10-21/h1-8,22H,9-12H2. The highest BCUT2D eigenvalue weighted by Gasteiger charge is 2.17. The van der Waals surface area contributed by atoms with E-state index in [2.05, 4.69) is 16.0 Å².